The molecule has 0 unspecified atom stereocenters. The summed E-state index contributed by atoms with van der Waals surface area (Å²) >= 11 is 0. The van der Waals surface area contributed by atoms with Gasteiger partial charge in [-0.05, 0) is 41.5 Å². The molecule has 1 aliphatic heterocycles. The van der Waals surface area contributed by atoms with Crippen molar-refractivity contribution in [3.8, 4) is 11.3 Å². The van der Waals surface area contributed by atoms with E-state index in [1.165, 1.54) is 12.1 Å². The SMILES string of the molecule is CS(=O)(=O)c1nc2c(c(=O)[nH]1)CN(Cc1c(-c3ccc(F)cc3)[nH]c3ccccc13)CC2. The third kappa shape index (κ3) is 3.74. The van der Waals surface area contributed by atoms with E-state index in [0.29, 0.717) is 37.3 Å². The predicted molar refractivity (Wildman–Crippen MR) is 119 cm³/mol. The van der Waals surface area contributed by atoms with E-state index in [1.54, 1.807) is 12.1 Å². The Morgan fingerprint density at radius 1 is 1.09 bits per heavy atom. The molecule has 3 heterocycles. The Bertz CT molecular complexity index is 1490. The summed E-state index contributed by atoms with van der Waals surface area (Å²) in [5, 5.41) is 0.780. The number of fused-ring (bicyclic) bond motifs is 2. The fraction of sp³-hybridized carbons (Fsp3) is 0.217. The quantitative estimate of drug-likeness (QED) is 0.464. The van der Waals surface area contributed by atoms with Gasteiger partial charge in [-0.25, -0.2) is 17.8 Å². The van der Waals surface area contributed by atoms with Gasteiger partial charge < -0.3 is 4.98 Å². The Morgan fingerprint density at radius 3 is 2.59 bits per heavy atom. The van der Waals surface area contributed by atoms with E-state index < -0.39 is 15.4 Å². The minimum Gasteiger partial charge on any atom is -0.354 e. The summed E-state index contributed by atoms with van der Waals surface area (Å²) in [6.07, 6.45) is 1.51. The standard InChI is InChI=1S/C23H21FN4O3S/c1-32(30,31)23-26-20-10-11-28(13-18(20)22(29)27-23)12-17-16-4-2-3-5-19(16)25-21(17)14-6-8-15(24)9-7-14/h2-9,25H,10-13H2,1H3,(H,26,27,29). The van der Waals surface area contributed by atoms with Gasteiger partial charge in [0, 0.05) is 43.2 Å². The molecule has 32 heavy (non-hydrogen) atoms. The second-order valence-corrected chi connectivity index (χ2v) is 9.99. The van der Waals surface area contributed by atoms with Crippen LogP contribution in [0.5, 0.6) is 0 Å². The predicted octanol–water partition coefficient (Wildman–Crippen LogP) is 3.02. The van der Waals surface area contributed by atoms with E-state index in [1.807, 2.05) is 24.3 Å². The van der Waals surface area contributed by atoms with Gasteiger partial charge >= 0.3 is 0 Å². The van der Waals surface area contributed by atoms with E-state index in [4.69, 9.17) is 0 Å². The van der Waals surface area contributed by atoms with Crippen molar-refractivity contribution in [3.63, 3.8) is 0 Å². The van der Waals surface area contributed by atoms with Gasteiger partial charge in [-0.3, -0.25) is 14.7 Å². The number of nitrogens with one attached hydrogen (secondary N) is 2. The zero-order chi connectivity index (χ0) is 22.5. The average Bonchev–Trinajstić information content (AvgIpc) is 3.12. The van der Waals surface area contributed by atoms with E-state index in [2.05, 4.69) is 19.9 Å². The molecule has 5 rings (SSSR count). The van der Waals surface area contributed by atoms with Crippen LogP contribution < -0.4 is 5.56 Å². The number of rotatable bonds is 4. The van der Waals surface area contributed by atoms with Gasteiger partial charge in [0.1, 0.15) is 5.82 Å². The lowest BCUT2D eigenvalue weighted by atomic mass is 10.0. The largest absolute Gasteiger partial charge is 0.354 e. The van der Waals surface area contributed by atoms with Crippen LogP contribution in [0.3, 0.4) is 0 Å². The van der Waals surface area contributed by atoms with Crippen LogP contribution in [0, 0.1) is 5.82 Å². The Kier molecular flexibility index (Phi) is 4.94. The van der Waals surface area contributed by atoms with Crippen LogP contribution in [0.1, 0.15) is 16.8 Å². The molecule has 0 radical (unpaired) electrons. The van der Waals surface area contributed by atoms with E-state index >= 15 is 0 Å². The number of sulfone groups is 1. The Morgan fingerprint density at radius 2 is 1.84 bits per heavy atom. The fourth-order valence-electron chi connectivity index (χ4n) is 4.22. The minimum atomic E-state index is -3.59. The second kappa shape index (κ2) is 7.68. The highest BCUT2D eigenvalue weighted by Crippen LogP contribution is 2.32. The summed E-state index contributed by atoms with van der Waals surface area (Å²) in [6.45, 7) is 1.57. The van der Waals surface area contributed by atoms with Crippen molar-refractivity contribution in [2.75, 3.05) is 12.8 Å². The lowest BCUT2D eigenvalue weighted by molar-refractivity contribution is 0.242. The van der Waals surface area contributed by atoms with E-state index in [9.17, 15) is 17.6 Å². The van der Waals surface area contributed by atoms with E-state index in [0.717, 1.165) is 34.0 Å². The number of hydrogen-bond donors (Lipinski definition) is 2. The Balaban J connectivity index is 1.52. The summed E-state index contributed by atoms with van der Waals surface area (Å²) in [7, 11) is -3.59. The summed E-state index contributed by atoms with van der Waals surface area (Å²) < 4.78 is 37.1. The first-order valence-corrected chi connectivity index (χ1v) is 12.1. The molecule has 164 valence electrons. The molecule has 2 aromatic carbocycles. The maximum atomic E-state index is 13.5. The van der Waals surface area contributed by atoms with Gasteiger partial charge in [-0.2, -0.15) is 0 Å². The van der Waals surface area contributed by atoms with Gasteiger partial charge in [-0.1, -0.05) is 18.2 Å². The number of nitrogens with zero attached hydrogens (tertiary/aromatic N) is 2. The highest BCUT2D eigenvalue weighted by Gasteiger charge is 2.25. The summed E-state index contributed by atoms with van der Waals surface area (Å²) in [5.74, 6) is -0.292. The van der Waals surface area contributed by atoms with Gasteiger partial charge in [-0.15, -0.1) is 0 Å². The molecule has 0 aliphatic carbocycles. The van der Waals surface area contributed by atoms with Crippen LogP contribution in [0.4, 0.5) is 4.39 Å². The Labute approximate surface area is 183 Å². The fourth-order valence-corrected chi connectivity index (χ4v) is 4.77. The summed E-state index contributed by atoms with van der Waals surface area (Å²) in [6, 6.07) is 14.3. The molecule has 2 N–H and O–H groups in total. The van der Waals surface area contributed by atoms with Crippen LogP contribution in [-0.4, -0.2) is 41.1 Å². The molecule has 7 nitrogen and oxygen atoms in total. The number of benzene rings is 2. The number of halogens is 1. The molecule has 0 fully saturated rings. The number of aromatic amines is 2. The number of aromatic nitrogens is 3. The maximum Gasteiger partial charge on any atom is 0.256 e. The molecule has 2 aromatic heterocycles. The lowest BCUT2D eigenvalue weighted by Crippen LogP contribution is -2.36. The molecule has 0 spiro atoms. The van der Waals surface area contributed by atoms with Crippen LogP contribution in [0.25, 0.3) is 22.2 Å². The summed E-state index contributed by atoms with van der Waals surface area (Å²) in [5.41, 5.74) is 4.45. The van der Waals surface area contributed by atoms with Crippen molar-refractivity contribution >= 4 is 20.7 Å². The van der Waals surface area contributed by atoms with Crippen molar-refractivity contribution in [2.24, 2.45) is 0 Å². The summed E-state index contributed by atoms with van der Waals surface area (Å²) in [4.78, 5) is 24.8. The molecular formula is C23H21FN4O3S. The molecule has 0 atom stereocenters. The van der Waals surface area contributed by atoms with Crippen molar-refractivity contribution in [2.45, 2.75) is 24.7 Å². The van der Waals surface area contributed by atoms with Crippen molar-refractivity contribution < 1.29 is 12.8 Å². The molecule has 1 aliphatic rings. The topological polar surface area (TPSA) is 98.9 Å². The lowest BCUT2D eigenvalue weighted by Gasteiger charge is -2.28. The normalized spacial score (nSPS) is 14.6. The Hall–Kier alpha value is -3.30. The van der Waals surface area contributed by atoms with Crippen LogP contribution in [-0.2, 0) is 29.3 Å². The van der Waals surface area contributed by atoms with Gasteiger partial charge in [0.15, 0.2) is 0 Å². The zero-order valence-electron chi connectivity index (χ0n) is 17.4. The minimum absolute atomic E-state index is 0.287. The highest BCUT2D eigenvalue weighted by atomic mass is 32.2. The first-order valence-electron chi connectivity index (χ1n) is 10.2. The molecule has 0 bridgehead atoms. The van der Waals surface area contributed by atoms with Crippen LogP contribution in [0.15, 0.2) is 58.5 Å². The van der Waals surface area contributed by atoms with Gasteiger partial charge in [0.05, 0.1) is 17.0 Å². The van der Waals surface area contributed by atoms with E-state index in [-0.39, 0.29) is 11.0 Å². The third-order valence-corrected chi connectivity index (χ3v) is 6.70. The number of H-pyrrole nitrogens is 2. The zero-order valence-corrected chi connectivity index (χ0v) is 18.2. The monoisotopic (exact) mass is 452 g/mol. The molecule has 4 aromatic rings. The van der Waals surface area contributed by atoms with Crippen LogP contribution >= 0.6 is 0 Å². The van der Waals surface area contributed by atoms with Crippen molar-refractivity contribution in [1.82, 2.24) is 19.9 Å². The van der Waals surface area contributed by atoms with Gasteiger partial charge in [0.2, 0.25) is 15.0 Å². The third-order valence-electron chi connectivity index (χ3n) is 5.81. The van der Waals surface area contributed by atoms with Crippen LogP contribution in [0.2, 0.25) is 0 Å². The average molecular weight is 453 g/mol. The first kappa shape index (κ1) is 20.6. The second-order valence-electron chi connectivity index (χ2n) is 8.06. The maximum absolute atomic E-state index is 13.5. The number of para-hydroxylation sites is 1. The number of hydrogen-bond acceptors (Lipinski definition) is 5. The molecule has 0 saturated heterocycles. The molecular weight excluding hydrogens is 431 g/mol. The first-order chi connectivity index (χ1) is 15.3. The molecule has 0 saturated carbocycles. The van der Waals surface area contributed by atoms with Crippen molar-refractivity contribution in [3.05, 3.63) is 81.5 Å². The molecule has 9 heteroatoms. The highest BCUT2D eigenvalue weighted by molar-refractivity contribution is 7.90. The smallest absolute Gasteiger partial charge is 0.256 e. The van der Waals surface area contributed by atoms with Gasteiger partial charge in [0.25, 0.3) is 5.56 Å². The molecule has 0 amide bonds. The van der Waals surface area contributed by atoms with Crippen molar-refractivity contribution in [1.29, 1.82) is 0 Å².